The number of hydrogen-bond donors (Lipinski definition) is 2. The number of hydrogen-bond acceptors (Lipinski definition) is 4. The average molecular weight is 365 g/mol. The molecule has 0 spiro atoms. The molecule has 2 heterocycles. The average Bonchev–Trinajstić information content (AvgIpc) is 3.00. The lowest BCUT2D eigenvalue weighted by molar-refractivity contribution is -0.128. The molecule has 1 amide bonds. The van der Waals surface area contributed by atoms with Crippen molar-refractivity contribution in [3.05, 3.63) is 41.6 Å². The first kappa shape index (κ1) is 19.4. The molecular formula is C18H25ClN4O2. The molecular weight excluding hydrogens is 340 g/mol. The number of amides is 1. The van der Waals surface area contributed by atoms with Gasteiger partial charge in [0, 0.05) is 19.2 Å². The molecule has 1 fully saturated rings. The van der Waals surface area contributed by atoms with Crippen LogP contribution in [0.4, 0.5) is 5.82 Å². The molecule has 2 N–H and O–H groups in total. The topological polar surface area (TPSA) is 68.2 Å². The van der Waals surface area contributed by atoms with Crippen LogP contribution in [0, 0.1) is 6.92 Å². The molecule has 1 saturated heterocycles. The Morgan fingerprint density at radius 1 is 1.36 bits per heavy atom. The van der Waals surface area contributed by atoms with Crippen molar-refractivity contribution in [2.75, 3.05) is 25.0 Å². The van der Waals surface area contributed by atoms with Crippen molar-refractivity contribution < 1.29 is 9.53 Å². The van der Waals surface area contributed by atoms with Crippen LogP contribution in [0.1, 0.15) is 31.0 Å². The first-order chi connectivity index (χ1) is 11.5. The standard InChI is InChI=1S/C18H24N4O2.ClH/c1-12(2)15-10-17(20-18(23)16-11-19-8-9-24-16)22(21-15)14-6-4-13(3)5-7-14;/h4-7,10,12,16,19H,8-9,11H2,1-3H3,(H,20,23);1H. The molecule has 1 atom stereocenters. The van der Waals surface area contributed by atoms with Crippen molar-refractivity contribution in [3.63, 3.8) is 0 Å². The van der Waals surface area contributed by atoms with Gasteiger partial charge in [0.1, 0.15) is 11.9 Å². The Labute approximate surface area is 154 Å². The molecule has 0 bridgehead atoms. The SMILES string of the molecule is Cc1ccc(-n2nc(C(C)C)cc2NC(=O)C2CNCCO2)cc1.Cl. The summed E-state index contributed by atoms with van der Waals surface area (Å²) in [6, 6.07) is 10.00. The second-order valence-electron chi connectivity index (χ2n) is 6.41. The number of nitrogens with zero attached hydrogens (tertiary/aromatic N) is 2. The third-order valence-electron chi connectivity index (χ3n) is 4.07. The minimum Gasteiger partial charge on any atom is -0.366 e. The van der Waals surface area contributed by atoms with E-state index in [9.17, 15) is 4.79 Å². The van der Waals surface area contributed by atoms with Crippen LogP contribution in [0.25, 0.3) is 5.69 Å². The highest BCUT2D eigenvalue weighted by atomic mass is 35.5. The zero-order valence-electron chi connectivity index (χ0n) is 14.8. The van der Waals surface area contributed by atoms with Gasteiger partial charge >= 0.3 is 0 Å². The minimum absolute atomic E-state index is 0. The Bertz CT molecular complexity index is 706. The summed E-state index contributed by atoms with van der Waals surface area (Å²) in [6.07, 6.45) is -0.470. The van der Waals surface area contributed by atoms with Crippen molar-refractivity contribution in [3.8, 4) is 5.69 Å². The lowest BCUT2D eigenvalue weighted by atomic mass is 10.1. The molecule has 0 aliphatic carbocycles. The number of carbonyl (C=O) groups excluding carboxylic acids is 1. The molecule has 1 aromatic carbocycles. The molecule has 2 aromatic rings. The van der Waals surface area contributed by atoms with Crippen LogP contribution < -0.4 is 10.6 Å². The Morgan fingerprint density at radius 3 is 2.68 bits per heavy atom. The largest absolute Gasteiger partial charge is 0.366 e. The van der Waals surface area contributed by atoms with Crippen LogP contribution >= 0.6 is 12.4 Å². The summed E-state index contributed by atoms with van der Waals surface area (Å²) in [5.74, 6) is 0.799. The van der Waals surface area contributed by atoms with E-state index in [1.807, 2.05) is 37.3 Å². The van der Waals surface area contributed by atoms with Crippen LogP contribution in [-0.2, 0) is 9.53 Å². The Hall–Kier alpha value is -1.89. The van der Waals surface area contributed by atoms with Gasteiger partial charge in [0.2, 0.25) is 0 Å². The van der Waals surface area contributed by atoms with Crippen LogP contribution in [0.3, 0.4) is 0 Å². The number of benzene rings is 1. The van der Waals surface area contributed by atoms with Gasteiger partial charge in [-0.05, 0) is 25.0 Å². The van der Waals surface area contributed by atoms with Gasteiger partial charge in [-0.1, -0.05) is 31.5 Å². The van der Waals surface area contributed by atoms with Crippen molar-refractivity contribution in [1.29, 1.82) is 0 Å². The van der Waals surface area contributed by atoms with E-state index in [2.05, 4.69) is 29.6 Å². The van der Waals surface area contributed by atoms with Gasteiger partial charge in [-0.25, -0.2) is 4.68 Å². The van der Waals surface area contributed by atoms with Gasteiger partial charge in [0.15, 0.2) is 0 Å². The molecule has 1 aromatic heterocycles. The number of nitrogens with one attached hydrogen (secondary N) is 2. The summed E-state index contributed by atoms with van der Waals surface area (Å²) in [5.41, 5.74) is 3.04. The van der Waals surface area contributed by atoms with Crippen LogP contribution in [-0.4, -0.2) is 41.5 Å². The van der Waals surface area contributed by atoms with E-state index in [4.69, 9.17) is 4.74 Å². The van der Waals surface area contributed by atoms with E-state index in [1.165, 1.54) is 5.56 Å². The Morgan fingerprint density at radius 2 is 2.08 bits per heavy atom. The lowest BCUT2D eigenvalue weighted by Gasteiger charge is -2.22. The predicted molar refractivity (Wildman–Crippen MR) is 101 cm³/mol. The summed E-state index contributed by atoms with van der Waals surface area (Å²) in [6.45, 7) is 8.07. The fraction of sp³-hybridized carbons (Fsp3) is 0.444. The summed E-state index contributed by atoms with van der Waals surface area (Å²) < 4.78 is 7.30. The van der Waals surface area contributed by atoms with E-state index < -0.39 is 6.10 Å². The highest BCUT2D eigenvalue weighted by molar-refractivity contribution is 5.94. The second-order valence-corrected chi connectivity index (χ2v) is 6.41. The summed E-state index contributed by atoms with van der Waals surface area (Å²) in [4.78, 5) is 12.5. The normalized spacial score (nSPS) is 17.2. The Kier molecular flexibility index (Phi) is 6.58. The molecule has 7 heteroatoms. The van der Waals surface area contributed by atoms with Crippen LogP contribution in [0.5, 0.6) is 0 Å². The van der Waals surface area contributed by atoms with Crippen molar-refractivity contribution in [2.24, 2.45) is 0 Å². The van der Waals surface area contributed by atoms with E-state index in [1.54, 1.807) is 4.68 Å². The molecule has 0 saturated carbocycles. The number of morpholine rings is 1. The van der Waals surface area contributed by atoms with Gasteiger partial charge in [-0.2, -0.15) is 5.10 Å². The van der Waals surface area contributed by atoms with Crippen molar-refractivity contribution >= 4 is 24.1 Å². The number of aromatic nitrogens is 2. The number of rotatable bonds is 4. The molecule has 0 radical (unpaired) electrons. The first-order valence-corrected chi connectivity index (χ1v) is 8.35. The molecule has 25 heavy (non-hydrogen) atoms. The van der Waals surface area contributed by atoms with E-state index in [0.717, 1.165) is 17.9 Å². The highest BCUT2D eigenvalue weighted by Gasteiger charge is 2.23. The number of ether oxygens (including phenoxy) is 1. The molecule has 1 aliphatic heterocycles. The quantitative estimate of drug-likeness (QED) is 0.875. The summed E-state index contributed by atoms with van der Waals surface area (Å²) in [7, 11) is 0. The highest BCUT2D eigenvalue weighted by Crippen LogP contribution is 2.22. The molecule has 1 unspecified atom stereocenters. The predicted octanol–water partition coefficient (Wildman–Crippen LogP) is 2.65. The number of aryl methyl sites for hydroxylation is 1. The van der Waals surface area contributed by atoms with E-state index in [-0.39, 0.29) is 24.2 Å². The molecule has 3 rings (SSSR count). The zero-order valence-corrected chi connectivity index (χ0v) is 15.6. The van der Waals surface area contributed by atoms with Crippen LogP contribution in [0.2, 0.25) is 0 Å². The maximum atomic E-state index is 12.5. The summed E-state index contributed by atoms with van der Waals surface area (Å²) >= 11 is 0. The smallest absolute Gasteiger partial charge is 0.255 e. The van der Waals surface area contributed by atoms with Crippen molar-refractivity contribution in [2.45, 2.75) is 32.8 Å². The maximum Gasteiger partial charge on any atom is 0.255 e. The van der Waals surface area contributed by atoms with Gasteiger partial charge < -0.3 is 15.4 Å². The second kappa shape index (κ2) is 8.47. The third kappa shape index (κ3) is 4.60. The monoisotopic (exact) mass is 364 g/mol. The lowest BCUT2D eigenvalue weighted by Crippen LogP contribution is -2.45. The fourth-order valence-electron chi connectivity index (χ4n) is 2.59. The third-order valence-corrected chi connectivity index (χ3v) is 4.07. The van der Waals surface area contributed by atoms with Crippen LogP contribution in [0.15, 0.2) is 30.3 Å². The number of halogens is 1. The number of carbonyl (C=O) groups is 1. The van der Waals surface area contributed by atoms with Gasteiger partial charge in [-0.3, -0.25) is 4.79 Å². The maximum absolute atomic E-state index is 12.5. The van der Waals surface area contributed by atoms with Gasteiger partial charge in [0.05, 0.1) is 18.0 Å². The number of anilines is 1. The molecule has 136 valence electrons. The fourth-order valence-corrected chi connectivity index (χ4v) is 2.59. The summed E-state index contributed by atoms with van der Waals surface area (Å²) in [5, 5.41) is 10.8. The molecule has 6 nitrogen and oxygen atoms in total. The minimum atomic E-state index is -0.470. The molecule has 1 aliphatic rings. The van der Waals surface area contributed by atoms with E-state index >= 15 is 0 Å². The first-order valence-electron chi connectivity index (χ1n) is 8.35. The zero-order chi connectivity index (χ0) is 17.1. The Balaban J connectivity index is 0.00000225. The van der Waals surface area contributed by atoms with E-state index in [0.29, 0.717) is 19.0 Å². The van der Waals surface area contributed by atoms with Gasteiger partial charge in [0.25, 0.3) is 5.91 Å². The van der Waals surface area contributed by atoms with Crippen molar-refractivity contribution in [1.82, 2.24) is 15.1 Å². The van der Waals surface area contributed by atoms with Gasteiger partial charge in [-0.15, -0.1) is 12.4 Å².